The van der Waals surface area contributed by atoms with Crippen molar-refractivity contribution in [1.82, 2.24) is 30.4 Å². The molecule has 0 saturated carbocycles. The Hall–Kier alpha value is -2.23. The summed E-state index contributed by atoms with van der Waals surface area (Å²) in [5.41, 5.74) is 0.762. The topological polar surface area (TPSA) is 119 Å². The average molecular weight is 388 g/mol. The fraction of sp³-hybridized carbons (Fsp3) is 0.632. The number of ether oxygens (including phenoxy) is 1. The number of hydrogen-bond donors (Lipinski definition) is 4. The minimum absolute atomic E-state index is 0.269. The molecule has 9 heteroatoms. The SMILES string of the molecule is Cc1[nH]cnc1C(=O)N[C@]1(C)CCOC2(CCN(Cc3ccn[nH]3)CC2)[C@H]1O. The molecule has 2 aromatic heterocycles. The van der Waals surface area contributed by atoms with Crippen molar-refractivity contribution in [3.05, 3.63) is 35.7 Å². The number of aromatic nitrogens is 4. The van der Waals surface area contributed by atoms with Crippen molar-refractivity contribution in [3.8, 4) is 0 Å². The highest BCUT2D eigenvalue weighted by atomic mass is 16.5. The second-order valence-electron chi connectivity index (χ2n) is 8.17. The number of aromatic amines is 2. The fourth-order valence-electron chi connectivity index (χ4n) is 4.42. The number of hydrogen-bond acceptors (Lipinski definition) is 6. The second-order valence-corrected chi connectivity index (χ2v) is 8.17. The van der Waals surface area contributed by atoms with Gasteiger partial charge in [0.1, 0.15) is 11.8 Å². The molecule has 152 valence electrons. The van der Waals surface area contributed by atoms with E-state index in [0.29, 0.717) is 24.4 Å². The van der Waals surface area contributed by atoms with Gasteiger partial charge in [-0.15, -0.1) is 0 Å². The first-order chi connectivity index (χ1) is 13.4. The highest BCUT2D eigenvalue weighted by molar-refractivity contribution is 5.93. The summed E-state index contributed by atoms with van der Waals surface area (Å²) in [6, 6.07) is 1.97. The number of carbonyl (C=O) groups is 1. The summed E-state index contributed by atoms with van der Waals surface area (Å²) in [6.07, 6.45) is 4.47. The van der Waals surface area contributed by atoms with Gasteiger partial charge in [0, 0.05) is 43.8 Å². The maximum atomic E-state index is 12.7. The predicted octanol–water partition coefficient (Wildman–Crippen LogP) is 0.746. The number of H-pyrrole nitrogens is 2. The number of nitrogens with one attached hydrogen (secondary N) is 3. The third kappa shape index (κ3) is 3.45. The normalized spacial score (nSPS) is 27.8. The van der Waals surface area contributed by atoms with E-state index in [2.05, 4.69) is 30.4 Å². The van der Waals surface area contributed by atoms with Crippen LogP contribution in [0.2, 0.25) is 0 Å². The van der Waals surface area contributed by atoms with Crippen LogP contribution in [0.25, 0.3) is 0 Å². The van der Waals surface area contributed by atoms with Gasteiger partial charge in [-0.25, -0.2) is 4.98 Å². The third-order valence-corrected chi connectivity index (χ3v) is 6.21. The van der Waals surface area contributed by atoms with Crippen LogP contribution in [0.3, 0.4) is 0 Å². The van der Waals surface area contributed by atoms with Crippen molar-refractivity contribution >= 4 is 5.91 Å². The van der Waals surface area contributed by atoms with Crippen LogP contribution in [0.15, 0.2) is 18.6 Å². The molecule has 1 amide bonds. The molecule has 2 aromatic rings. The first-order valence-corrected chi connectivity index (χ1v) is 9.77. The molecule has 1 spiro atoms. The number of carbonyl (C=O) groups excluding carboxylic acids is 1. The molecule has 0 bridgehead atoms. The van der Waals surface area contributed by atoms with Crippen molar-refractivity contribution < 1.29 is 14.6 Å². The van der Waals surface area contributed by atoms with Crippen molar-refractivity contribution in [2.24, 2.45) is 0 Å². The van der Waals surface area contributed by atoms with Gasteiger partial charge >= 0.3 is 0 Å². The van der Waals surface area contributed by atoms with Crippen molar-refractivity contribution in [3.63, 3.8) is 0 Å². The molecule has 0 unspecified atom stereocenters. The summed E-state index contributed by atoms with van der Waals surface area (Å²) in [4.78, 5) is 22.0. The number of imidazole rings is 1. The zero-order valence-corrected chi connectivity index (χ0v) is 16.4. The van der Waals surface area contributed by atoms with Crippen LogP contribution in [0, 0.1) is 6.92 Å². The van der Waals surface area contributed by atoms with Gasteiger partial charge in [-0.05, 0) is 39.2 Å². The van der Waals surface area contributed by atoms with Gasteiger partial charge in [-0.2, -0.15) is 5.10 Å². The number of aryl methyl sites for hydroxylation is 1. The molecular weight excluding hydrogens is 360 g/mol. The van der Waals surface area contributed by atoms with Gasteiger partial charge in [0.05, 0.1) is 17.5 Å². The Labute approximate surface area is 163 Å². The zero-order chi connectivity index (χ0) is 19.8. The van der Waals surface area contributed by atoms with Crippen molar-refractivity contribution in [1.29, 1.82) is 0 Å². The molecule has 28 heavy (non-hydrogen) atoms. The zero-order valence-electron chi connectivity index (χ0n) is 16.4. The highest BCUT2D eigenvalue weighted by Crippen LogP contribution is 2.40. The monoisotopic (exact) mass is 388 g/mol. The minimum atomic E-state index is -0.786. The Morgan fingerprint density at radius 2 is 2.21 bits per heavy atom. The number of aliphatic hydroxyl groups excluding tert-OH is 1. The van der Waals surface area contributed by atoms with Gasteiger partial charge in [-0.1, -0.05) is 0 Å². The maximum absolute atomic E-state index is 12.7. The van der Waals surface area contributed by atoms with Crippen LogP contribution in [0.5, 0.6) is 0 Å². The van der Waals surface area contributed by atoms with Gasteiger partial charge in [0.15, 0.2) is 0 Å². The molecule has 2 fully saturated rings. The lowest BCUT2D eigenvalue weighted by Crippen LogP contribution is -2.69. The van der Waals surface area contributed by atoms with E-state index >= 15 is 0 Å². The lowest BCUT2D eigenvalue weighted by molar-refractivity contribution is -0.206. The molecule has 2 saturated heterocycles. The van der Waals surface area contributed by atoms with E-state index in [4.69, 9.17) is 4.74 Å². The number of nitrogens with zero attached hydrogens (tertiary/aromatic N) is 3. The summed E-state index contributed by atoms with van der Waals surface area (Å²) < 4.78 is 6.12. The Morgan fingerprint density at radius 3 is 2.86 bits per heavy atom. The predicted molar refractivity (Wildman–Crippen MR) is 102 cm³/mol. The quantitative estimate of drug-likeness (QED) is 0.614. The van der Waals surface area contributed by atoms with Crippen LogP contribution in [0.4, 0.5) is 0 Å². The number of amides is 1. The average Bonchev–Trinajstić information content (AvgIpc) is 3.33. The molecule has 4 N–H and O–H groups in total. The molecule has 0 radical (unpaired) electrons. The molecular formula is C19H28N6O3. The lowest BCUT2D eigenvalue weighted by Gasteiger charge is -2.53. The smallest absolute Gasteiger partial charge is 0.272 e. The number of rotatable bonds is 4. The maximum Gasteiger partial charge on any atom is 0.272 e. The van der Waals surface area contributed by atoms with Crippen molar-refractivity contribution in [2.75, 3.05) is 19.7 Å². The van der Waals surface area contributed by atoms with Gasteiger partial charge in [-0.3, -0.25) is 14.8 Å². The molecule has 0 aliphatic carbocycles. The number of piperidine rings is 1. The van der Waals surface area contributed by atoms with E-state index in [1.165, 1.54) is 6.33 Å². The fourth-order valence-corrected chi connectivity index (χ4v) is 4.42. The van der Waals surface area contributed by atoms with E-state index in [-0.39, 0.29) is 5.91 Å². The Balaban J connectivity index is 1.43. The standard InChI is InChI=1S/C19H28N6O3/c1-13-15(21-12-20-13)16(26)23-18(2)6-10-28-19(17(18)27)4-8-25(9-5-19)11-14-3-7-22-24-14/h3,7,12,17,27H,4-6,8-11H2,1-2H3,(H,20,21)(H,22,24)(H,23,26)/t17-,18+/m0/s1. The first-order valence-electron chi connectivity index (χ1n) is 9.77. The van der Waals surface area contributed by atoms with Crippen LogP contribution in [-0.2, 0) is 11.3 Å². The molecule has 4 rings (SSSR count). The summed E-state index contributed by atoms with van der Waals surface area (Å²) in [5, 5.41) is 21.3. The second kappa shape index (κ2) is 7.31. The van der Waals surface area contributed by atoms with Crippen LogP contribution in [-0.4, -0.2) is 73.0 Å². The largest absolute Gasteiger partial charge is 0.388 e. The van der Waals surface area contributed by atoms with Gasteiger partial charge in [0.25, 0.3) is 5.91 Å². The summed E-state index contributed by atoms with van der Waals surface area (Å²) in [5.74, 6) is -0.269. The summed E-state index contributed by atoms with van der Waals surface area (Å²) in [6.45, 7) is 6.66. The minimum Gasteiger partial charge on any atom is -0.388 e. The Morgan fingerprint density at radius 1 is 1.43 bits per heavy atom. The number of likely N-dealkylation sites (tertiary alicyclic amines) is 1. The van der Waals surface area contributed by atoms with E-state index in [1.54, 1.807) is 6.20 Å². The third-order valence-electron chi connectivity index (χ3n) is 6.21. The highest BCUT2D eigenvalue weighted by Gasteiger charge is 2.53. The lowest BCUT2D eigenvalue weighted by atomic mass is 9.73. The van der Waals surface area contributed by atoms with Crippen LogP contribution >= 0.6 is 0 Å². The van der Waals surface area contributed by atoms with E-state index < -0.39 is 17.2 Å². The van der Waals surface area contributed by atoms with Crippen molar-refractivity contribution in [2.45, 2.75) is 56.9 Å². The summed E-state index contributed by atoms with van der Waals surface area (Å²) in [7, 11) is 0. The van der Waals surface area contributed by atoms with Crippen LogP contribution in [0.1, 0.15) is 48.1 Å². The number of aliphatic hydroxyl groups is 1. The molecule has 2 aliphatic rings. The van der Waals surface area contributed by atoms with Crippen LogP contribution < -0.4 is 5.32 Å². The Bertz CT molecular complexity index is 812. The Kier molecular flexibility index (Phi) is 4.98. The molecule has 4 heterocycles. The summed E-state index contributed by atoms with van der Waals surface area (Å²) >= 11 is 0. The van der Waals surface area contributed by atoms with E-state index in [1.807, 2.05) is 19.9 Å². The molecule has 2 aliphatic heterocycles. The van der Waals surface area contributed by atoms with E-state index in [9.17, 15) is 9.90 Å². The van der Waals surface area contributed by atoms with Gasteiger partial charge < -0.3 is 20.1 Å². The molecule has 2 atom stereocenters. The molecule has 0 aromatic carbocycles. The first kappa shape index (κ1) is 19.1. The molecule has 9 nitrogen and oxygen atoms in total. The van der Waals surface area contributed by atoms with Gasteiger partial charge in [0.2, 0.25) is 0 Å². The van der Waals surface area contributed by atoms with E-state index in [0.717, 1.165) is 38.2 Å².